The molecule has 1 fully saturated rings. The number of hydrogen-bond acceptors (Lipinski definition) is 2. The van der Waals surface area contributed by atoms with E-state index in [1.54, 1.807) is 0 Å². The van der Waals surface area contributed by atoms with Crippen molar-refractivity contribution in [3.8, 4) is 0 Å². The van der Waals surface area contributed by atoms with Crippen molar-refractivity contribution in [1.82, 2.24) is 14.9 Å². The second kappa shape index (κ2) is 7.40. The molecule has 0 bridgehead atoms. The topological polar surface area (TPSA) is 31.9 Å². The summed E-state index contributed by atoms with van der Waals surface area (Å²) in [5.74, 6) is 1.53. The Morgan fingerprint density at radius 1 is 1.03 bits per heavy atom. The summed E-state index contributed by atoms with van der Waals surface area (Å²) < 4.78 is 0. The molecule has 3 aromatic rings. The van der Waals surface area contributed by atoms with Crippen LogP contribution in [-0.4, -0.2) is 21.4 Å². The lowest BCUT2D eigenvalue weighted by atomic mass is 9.85. The Morgan fingerprint density at radius 2 is 1.81 bits per heavy atom. The maximum Gasteiger partial charge on any atom is 0.132 e. The Kier molecular flexibility index (Phi) is 4.80. The smallest absolute Gasteiger partial charge is 0.132 e. The zero-order valence-corrected chi connectivity index (χ0v) is 19.4. The molecule has 2 aromatic carbocycles. The SMILES string of the molecule is CC1=CCC(c2ccccc2C)C=C1N1CCC[C@@]1(C)c1nc2cc(C)c(C)cc2[nH]1. The molecular formula is C28H33N3. The van der Waals surface area contributed by atoms with Gasteiger partial charge in [-0.05, 0) is 93.8 Å². The number of rotatable bonds is 3. The first-order valence-electron chi connectivity index (χ1n) is 11.6. The number of likely N-dealkylation sites (tertiary alicyclic amines) is 1. The second-order valence-electron chi connectivity index (χ2n) is 9.71. The van der Waals surface area contributed by atoms with Crippen molar-refractivity contribution >= 4 is 11.0 Å². The number of fused-ring (bicyclic) bond motifs is 1. The molecule has 1 aliphatic heterocycles. The van der Waals surface area contributed by atoms with Crippen molar-refractivity contribution < 1.29 is 0 Å². The Bertz CT molecular complexity index is 1170. The molecule has 1 N–H and O–H groups in total. The van der Waals surface area contributed by atoms with Crippen LogP contribution in [-0.2, 0) is 5.54 Å². The fraction of sp³-hybridized carbons (Fsp3) is 0.393. The van der Waals surface area contributed by atoms with Gasteiger partial charge in [0.25, 0.3) is 0 Å². The van der Waals surface area contributed by atoms with E-state index >= 15 is 0 Å². The van der Waals surface area contributed by atoms with Gasteiger partial charge in [-0.2, -0.15) is 0 Å². The molecule has 3 nitrogen and oxygen atoms in total. The molecule has 0 spiro atoms. The lowest BCUT2D eigenvalue weighted by Gasteiger charge is -2.39. The number of allylic oxidation sites excluding steroid dienone is 3. The van der Waals surface area contributed by atoms with Crippen LogP contribution < -0.4 is 0 Å². The summed E-state index contributed by atoms with van der Waals surface area (Å²) in [5.41, 5.74) is 10.3. The average Bonchev–Trinajstić information content (AvgIpc) is 3.34. The van der Waals surface area contributed by atoms with E-state index in [0.29, 0.717) is 5.92 Å². The number of nitrogens with zero attached hydrogens (tertiary/aromatic N) is 2. The standard InChI is InChI=1S/C28H33N3/c1-18-9-6-7-10-23(18)22-12-11-19(2)26(17-22)31-14-8-13-28(31,5)27-29-24-15-20(3)21(4)16-25(24)30-27/h6-7,9-11,15-17,22H,8,12-14H2,1-5H3,(H,29,30)/t22?,28-/m0/s1. The number of aryl methyl sites for hydroxylation is 3. The van der Waals surface area contributed by atoms with Gasteiger partial charge in [0.2, 0.25) is 0 Å². The first-order chi connectivity index (χ1) is 14.9. The molecule has 2 aliphatic rings. The second-order valence-corrected chi connectivity index (χ2v) is 9.71. The molecule has 2 atom stereocenters. The number of nitrogens with one attached hydrogen (secondary N) is 1. The Morgan fingerprint density at radius 3 is 2.61 bits per heavy atom. The highest BCUT2D eigenvalue weighted by atomic mass is 15.3. The molecule has 2 heterocycles. The van der Waals surface area contributed by atoms with Gasteiger partial charge in [0, 0.05) is 18.2 Å². The number of H-pyrrole nitrogens is 1. The molecule has 31 heavy (non-hydrogen) atoms. The number of aromatic amines is 1. The highest BCUT2D eigenvalue weighted by Gasteiger charge is 2.42. The minimum absolute atomic E-state index is 0.116. The highest BCUT2D eigenvalue weighted by molar-refractivity contribution is 5.77. The lowest BCUT2D eigenvalue weighted by molar-refractivity contribution is 0.198. The van der Waals surface area contributed by atoms with Crippen molar-refractivity contribution in [2.24, 2.45) is 0 Å². The third-order valence-corrected chi connectivity index (χ3v) is 7.57. The highest BCUT2D eigenvalue weighted by Crippen LogP contribution is 2.44. The van der Waals surface area contributed by atoms with Gasteiger partial charge in [0.05, 0.1) is 16.6 Å². The summed E-state index contributed by atoms with van der Waals surface area (Å²) in [5, 5.41) is 0. The molecule has 0 radical (unpaired) electrons. The molecule has 0 amide bonds. The maximum absolute atomic E-state index is 5.09. The zero-order valence-electron chi connectivity index (χ0n) is 19.4. The van der Waals surface area contributed by atoms with E-state index in [2.05, 4.69) is 93.1 Å². The van der Waals surface area contributed by atoms with Crippen LogP contribution in [0.3, 0.4) is 0 Å². The Balaban J connectivity index is 1.56. The Hall–Kier alpha value is -2.81. The fourth-order valence-corrected chi connectivity index (χ4v) is 5.44. The summed E-state index contributed by atoms with van der Waals surface area (Å²) in [6.07, 6.45) is 8.32. The van der Waals surface area contributed by atoms with Gasteiger partial charge in [-0.25, -0.2) is 4.98 Å². The number of imidazole rings is 1. The van der Waals surface area contributed by atoms with Crippen molar-refractivity contribution in [1.29, 1.82) is 0 Å². The van der Waals surface area contributed by atoms with Gasteiger partial charge in [0.15, 0.2) is 0 Å². The molecule has 1 saturated heterocycles. The third kappa shape index (κ3) is 3.31. The fourth-order valence-electron chi connectivity index (χ4n) is 5.44. The minimum Gasteiger partial charge on any atom is -0.359 e. The molecule has 1 aromatic heterocycles. The summed E-state index contributed by atoms with van der Waals surface area (Å²) >= 11 is 0. The van der Waals surface area contributed by atoms with Gasteiger partial charge < -0.3 is 9.88 Å². The molecule has 1 aliphatic carbocycles. The first kappa shape index (κ1) is 20.1. The lowest BCUT2D eigenvalue weighted by Crippen LogP contribution is -2.39. The van der Waals surface area contributed by atoms with E-state index in [1.807, 2.05) is 0 Å². The van der Waals surface area contributed by atoms with Crippen LogP contribution in [0.15, 0.2) is 59.8 Å². The predicted molar refractivity (Wildman–Crippen MR) is 129 cm³/mol. The minimum atomic E-state index is -0.116. The van der Waals surface area contributed by atoms with Crippen LogP contribution in [0.25, 0.3) is 11.0 Å². The number of benzene rings is 2. The summed E-state index contributed by atoms with van der Waals surface area (Å²) in [6, 6.07) is 13.3. The van der Waals surface area contributed by atoms with Gasteiger partial charge in [0.1, 0.15) is 5.82 Å². The molecular weight excluding hydrogens is 378 g/mol. The van der Waals surface area contributed by atoms with Gasteiger partial charge >= 0.3 is 0 Å². The van der Waals surface area contributed by atoms with Crippen molar-refractivity contribution in [2.45, 2.75) is 65.3 Å². The summed E-state index contributed by atoms with van der Waals surface area (Å²) in [4.78, 5) is 11.4. The van der Waals surface area contributed by atoms with Crippen LogP contribution >= 0.6 is 0 Å². The number of aromatic nitrogens is 2. The zero-order chi connectivity index (χ0) is 21.8. The van der Waals surface area contributed by atoms with Gasteiger partial charge in [-0.15, -0.1) is 0 Å². The van der Waals surface area contributed by atoms with Crippen LogP contribution in [0.2, 0.25) is 0 Å². The van der Waals surface area contributed by atoms with Crippen LogP contribution in [0, 0.1) is 20.8 Å². The normalized spacial score (nSPS) is 23.9. The van der Waals surface area contributed by atoms with E-state index < -0.39 is 0 Å². The molecule has 3 heteroatoms. The van der Waals surface area contributed by atoms with E-state index in [4.69, 9.17) is 4.98 Å². The first-order valence-corrected chi connectivity index (χ1v) is 11.6. The van der Waals surface area contributed by atoms with Gasteiger partial charge in [-0.1, -0.05) is 36.4 Å². The van der Waals surface area contributed by atoms with Gasteiger partial charge in [-0.3, -0.25) is 0 Å². The predicted octanol–water partition coefficient (Wildman–Crippen LogP) is 6.82. The number of hydrogen-bond donors (Lipinski definition) is 1. The largest absolute Gasteiger partial charge is 0.359 e. The third-order valence-electron chi connectivity index (χ3n) is 7.57. The van der Waals surface area contributed by atoms with Crippen LogP contribution in [0.4, 0.5) is 0 Å². The van der Waals surface area contributed by atoms with Crippen molar-refractivity contribution in [3.05, 3.63) is 87.9 Å². The van der Waals surface area contributed by atoms with E-state index in [0.717, 1.165) is 36.2 Å². The monoisotopic (exact) mass is 411 g/mol. The summed E-state index contributed by atoms with van der Waals surface area (Å²) in [6.45, 7) is 12.3. The molecule has 160 valence electrons. The van der Waals surface area contributed by atoms with Crippen molar-refractivity contribution in [3.63, 3.8) is 0 Å². The van der Waals surface area contributed by atoms with Crippen LogP contribution in [0.5, 0.6) is 0 Å². The maximum atomic E-state index is 5.09. The van der Waals surface area contributed by atoms with E-state index in [9.17, 15) is 0 Å². The Labute approximate surface area is 185 Å². The quantitative estimate of drug-likeness (QED) is 0.513. The van der Waals surface area contributed by atoms with E-state index in [-0.39, 0.29) is 5.54 Å². The molecule has 1 unspecified atom stereocenters. The van der Waals surface area contributed by atoms with Crippen LogP contribution in [0.1, 0.15) is 67.1 Å². The average molecular weight is 412 g/mol. The van der Waals surface area contributed by atoms with E-state index in [1.165, 1.54) is 39.9 Å². The molecule has 5 rings (SSSR count). The summed E-state index contributed by atoms with van der Waals surface area (Å²) in [7, 11) is 0. The van der Waals surface area contributed by atoms with Crippen molar-refractivity contribution in [2.75, 3.05) is 6.54 Å². The molecule has 0 saturated carbocycles.